The van der Waals surface area contributed by atoms with Gasteiger partial charge in [0.1, 0.15) is 5.70 Å². The Labute approximate surface area is 184 Å². The van der Waals surface area contributed by atoms with E-state index in [-0.39, 0.29) is 17.9 Å². The minimum atomic E-state index is -0.268. The number of hydrogen-bond acceptors (Lipinski definition) is 4. The molecule has 0 radical (unpaired) electrons. The van der Waals surface area contributed by atoms with Gasteiger partial charge < -0.3 is 10.2 Å². The van der Waals surface area contributed by atoms with Crippen LogP contribution in [0.5, 0.6) is 0 Å². The second-order valence-electron chi connectivity index (χ2n) is 8.86. The molecule has 2 aromatic carbocycles. The number of rotatable bonds is 5. The molecule has 162 valence electrons. The molecule has 2 heterocycles. The van der Waals surface area contributed by atoms with Crippen LogP contribution in [0.15, 0.2) is 48.2 Å². The van der Waals surface area contributed by atoms with Crippen LogP contribution in [0.3, 0.4) is 0 Å². The van der Waals surface area contributed by atoms with E-state index >= 15 is 0 Å². The molecule has 0 saturated carbocycles. The third-order valence-corrected chi connectivity index (χ3v) is 6.14. The van der Waals surface area contributed by atoms with Crippen molar-refractivity contribution in [1.29, 1.82) is 0 Å². The average Bonchev–Trinajstić information content (AvgIpc) is 2.99. The number of anilines is 2. The van der Waals surface area contributed by atoms with Crippen LogP contribution in [0.4, 0.5) is 11.4 Å². The molecule has 1 fully saturated rings. The van der Waals surface area contributed by atoms with Crippen LogP contribution in [0.1, 0.15) is 49.8 Å². The summed E-state index contributed by atoms with van der Waals surface area (Å²) >= 11 is 0. The van der Waals surface area contributed by atoms with E-state index in [1.807, 2.05) is 58.0 Å². The van der Waals surface area contributed by atoms with Crippen molar-refractivity contribution in [3.05, 3.63) is 64.9 Å². The number of imide groups is 1. The van der Waals surface area contributed by atoms with Crippen LogP contribution >= 0.6 is 0 Å². The molecule has 0 unspecified atom stereocenters. The summed E-state index contributed by atoms with van der Waals surface area (Å²) in [5.41, 5.74) is 5.74. The van der Waals surface area contributed by atoms with E-state index in [0.717, 1.165) is 35.5 Å². The van der Waals surface area contributed by atoms with Crippen LogP contribution in [0.2, 0.25) is 0 Å². The number of benzene rings is 2. The van der Waals surface area contributed by atoms with Crippen molar-refractivity contribution in [1.82, 2.24) is 4.90 Å². The number of aryl methyl sites for hydroxylation is 2. The van der Waals surface area contributed by atoms with Gasteiger partial charge in [-0.15, -0.1) is 0 Å². The number of hydrogen-bond donors (Lipinski definition) is 1. The smallest absolute Gasteiger partial charge is 0.278 e. The topological polar surface area (TPSA) is 52.7 Å². The van der Waals surface area contributed by atoms with Gasteiger partial charge in [-0.05, 0) is 82.3 Å². The molecule has 2 amide bonds. The molecule has 5 nitrogen and oxygen atoms in total. The normalized spacial score (nSPS) is 17.2. The van der Waals surface area contributed by atoms with Gasteiger partial charge in [-0.1, -0.05) is 23.8 Å². The molecular weight excluding hydrogens is 386 g/mol. The molecule has 0 bridgehead atoms. The second-order valence-corrected chi connectivity index (χ2v) is 8.86. The lowest BCUT2D eigenvalue weighted by atomic mass is 9.97. The Morgan fingerprint density at radius 1 is 0.871 bits per heavy atom. The minimum absolute atomic E-state index is 0.207. The van der Waals surface area contributed by atoms with E-state index in [2.05, 4.69) is 22.3 Å². The van der Waals surface area contributed by atoms with Crippen molar-refractivity contribution in [2.45, 2.75) is 53.0 Å². The van der Waals surface area contributed by atoms with Gasteiger partial charge in [0.05, 0.1) is 5.57 Å². The van der Waals surface area contributed by atoms with Crippen LogP contribution in [0, 0.1) is 13.8 Å². The predicted octanol–water partition coefficient (Wildman–Crippen LogP) is 4.89. The van der Waals surface area contributed by atoms with Crippen LogP contribution in [0.25, 0.3) is 5.57 Å². The van der Waals surface area contributed by atoms with E-state index in [9.17, 15) is 9.59 Å². The van der Waals surface area contributed by atoms with Gasteiger partial charge in [0, 0.05) is 30.5 Å². The third-order valence-electron chi connectivity index (χ3n) is 6.14. The quantitative estimate of drug-likeness (QED) is 0.704. The Kier molecular flexibility index (Phi) is 5.86. The van der Waals surface area contributed by atoms with Gasteiger partial charge in [0.2, 0.25) is 0 Å². The van der Waals surface area contributed by atoms with Crippen molar-refractivity contribution in [3.8, 4) is 0 Å². The summed E-state index contributed by atoms with van der Waals surface area (Å²) in [4.78, 5) is 30.2. The zero-order valence-corrected chi connectivity index (χ0v) is 18.9. The lowest BCUT2D eigenvalue weighted by molar-refractivity contribution is -0.138. The number of amides is 2. The first-order chi connectivity index (χ1) is 14.9. The summed E-state index contributed by atoms with van der Waals surface area (Å²) in [6, 6.07) is 13.9. The summed E-state index contributed by atoms with van der Waals surface area (Å²) in [5.74, 6) is -0.505. The lowest BCUT2D eigenvalue weighted by Crippen LogP contribution is -2.38. The van der Waals surface area contributed by atoms with Gasteiger partial charge in [-0.2, -0.15) is 0 Å². The summed E-state index contributed by atoms with van der Waals surface area (Å²) in [7, 11) is 0. The van der Waals surface area contributed by atoms with Crippen LogP contribution in [-0.4, -0.2) is 35.8 Å². The van der Waals surface area contributed by atoms with Gasteiger partial charge >= 0.3 is 0 Å². The second kappa shape index (κ2) is 8.58. The zero-order chi connectivity index (χ0) is 22.1. The average molecular weight is 418 g/mol. The molecule has 0 aliphatic carbocycles. The maximum Gasteiger partial charge on any atom is 0.278 e. The zero-order valence-electron chi connectivity index (χ0n) is 18.9. The molecule has 5 heteroatoms. The molecule has 31 heavy (non-hydrogen) atoms. The molecule has 1 saturated heterocycles. The first-order valence-electron chi connectivity index (χ1n) is 11.2. The molecule has 0 atom stereocenters. The minimum Gasteiger partial charge on any atom is -0.372 e. The Hall–Kier alpha value is -3.08. The fourth-order valence-electron chi connectivity index (χ4n) is 4.53. The summed E-state index contributed by atoms with van der Waals surface area (Å²) in [5, 5.41) is 3.28. The Bertz CT molecular complexity index is 1030. The van der Waals surface area contributed by atoms with E-state index < -0.39 is 0 Å². The maximum absolute atomic E-state index is 13.3. The lowest BCUT2D eigenvalue weighted by Gasteiger charge is -2.28. The highest BCUT2D eigenvalue weighted by molar-refractivity contribution is 6.36. The molecular formula is C26H31N3O2. The molecule has 1 N–H and O–H groups in total. The maximum atomic E-state index is 13.3. The van der Waals surface area contributed by atoms with Crippen molar-refractivity contribution in [3.63, 3.8) is 0 Å². The fourth-order valence-corrected chi connectivity index (χ4v) is 4.53. The van der Waals surface area contributed by atoms with Gasteiger partial charge in [-0.25, -0.2) is 0 Å². The molecule has 0 spiro atoms. The fraction of sp³-hybridized carbons (Fsp3) is 0.385. The Morgan fingerprint density at radius 3 is 2.16 bits per heavy atom. The van der Waals surface area contributed by atoms with E-state index in [0.29, 0.717) is 11.3 Å². The molecule has 4 rings (SSSR count). The Balaban J connectivity index is 1.69. The number of carbonyl (C=O) groups is 2. The molecule has 2 aromatic rings. The van der Waals surface area contributed by atoms with Crippen molar-refractivity contribution >= 4 is 28.8 Å². The van der Waals surface area contributed by atoms with Crippen LogP contribution in [-0.2, 0) is 9.59 Å². The molecule has 2 aliphatic rings. The summed E-state index contributed by atoms with van der Waals surface area (Å²) < 4.78 is 0. The van der Waals surface area contributed by atoms with Crippen molar-refractivity contribution in [2.75, 3.05) is 23.3 Å². The predicted molar refractivity (Wildman–Crippen MR) is 126 cm³/mol. The highest BCUT2D eigenvalue weighted by Gasteiger charge is 2.41. The SMILES string of the molecule is Cc1ccc(C2=C(Nc3ccc(N4CCCCC4)cc3)C(=O)N(C(C)C)C2=O)c(C)c1. The first kappa shape index (κ1) is 21.2. The number of carbonyl (C=O) groups excluding carboxylic acids is 2. The van der Waals surface area contributed by atoms with E-state index in [4.69, 9.17) is 0 Å². The molecule has 2 aliphatic heterocycles. The van der Waals surface area contributed by atoms with Crippen molar-refractivity contribution < 1.29 is 9.59 Å². The van der Waals surface area contributed by atoms with Gasteiger partial charge in [0.25, 0.3) is 11.8 Å². The Morgan fingerprint density at radius 2 is 1.55 bits per heavy atom. The largest absolute Gasteiger partial charge is 0.372 e. The first-order valence-corrected chi connectivity index (χ1v) is 11.2. The molecule has 0 aromatic heterocycles. The monoisotopic (exact) mass is 417 g/mol. The van der Waals surface area contributed by atoms with Gasteiger partial charge in [-0.3, -0.25) is 14.5 Å². The van der Waals surface area contributed by atoms with E-state index in [1.54, 1.807) is 0 Å². The third kappa shape index (κ3) is 4.09. The summed E-state index contributed by atoms with van der Waals surface area (Å²) in [6.07, 6.45) is 3.76. The van der Waals surface area contributed by atoms with Gasteiger partial charge in [0.15, 0.2) is 0 Å². The number of piperidine rings is 1. The van der Waals surface area contributed by atoms with E-state index in [1.165, 1.54) is 29.8 Å². The van der Waals surface area contributed by atoms with Crippen molar-refractivity contribution in [2.24, 2.45) is 0 Å². The highest BCUT2D eigenvalue weighted by Crippen LogP contribution is 2.34. The standard InChI is InChI=1S/C26H31N3O2/c1-17(2)29-25(30)23(22-13-8-18(3)16-19(22)4)24(26(29)31)27-20-9-11-21(12-10-20)28-14-6-5-7-15-28/h8-13,16-17,27H,5-7,14-15H2,1-4H3. The van der Waals surface area contributed by atoms with Crippen LogP contribution < -0.4 is 10.2 Å². The number of nitrogens with one attached hydrogen (secondary N) is 1. The number of nitrogens with zero attached hydrogens (tertiary/aromatic N) is 2. The summed E-state index contributed by atoms with van der Waals surface area (Å²) in [6.45, 7) is 9.92. The highest BCUT2D eigenvalue weighted by atomic mass is 16.2.